The average molecular weight is 459 g/mol. The molecule has 0 bridgehead atoms. The monoisotopic (exact) mass is 458 g/mol. The molecular formula is C25H34N2O4S. The molecule has 0 unspecified atom stereocenters. The lowest BCUT2D eigenvalue weighted by molar-refractivity contribution is 0.0681. The van der Waals surface area contributed by atoms with Crippen LogP contribution in [-0.4, -0.2) is 56.0 Å². The van der Waals surface area contributed by atoms with Crippen LogP contribution in [0.1, 0.15) is 50.0 Å². The van der Waals surface area contributed by atoms with Gasteiger partial charge in [-0.2, -0.15) is 0 Å². The largest absolute Gasteiger partial charge is 0.491 e. The summed E-state index contributed by atoms with van der Waals surface area (Å²) in [6.07, 6.45) is 0.524. The molecule has 0 N–H and O–H groups in total. The van der Waals surface area contributed by atoms with Crippen LogP contribution >= 0.6 is 0 Å². The average Bonchev–Trinajstić information content (AvgIpc) is 3.13. The van der Waals surface area contributed by atoms with E-state index in [9.17, 15) is 13.2 Å². The van der Waals surface area contributed by atoms with E-state index in [0.717, 1.165) is 24.3 Å². The molecule has 0 radical (unpaired) electrons. The molecule has 174 valence electrons. The Morgan fingerprint density at radius 2 is 1.66 bits per heavy atom. The van der Waals surface area contributed by atoms with Gasteiger partial charge in [0.15, 0.2) is 9.84 Å². The van der Waals surface area contributed by atoms with Crippen LogP contribution in [0.4, 0.5) is 5.69 Å². The van der Waals surface area contributed by atoms with Crippen LogP contribution in [0.3, 0.4) is 0 Å². The highest BCUT2D eigenvalue weighted by molar-refractivity contribution is 7.91. The van der Waals surface area contributed by atoms with Gasteiger partial charge in [0.2, 0.25) is 0 Å². The standard InChI is InChI=1S/C25H34N2O4S/c1-5-26(6-2)22-11-7-20(8-12-22)17-27(23-15-16-32(29,30)18-23)25(28)21-9-13-24(14-10-21)31-19(3)4/h7-14,19,23H,5-6,15-18H2,1-4H3/t23-/m1/s1. The van der Waals surface area contributed by atoms with Crippen molar-refractivity contribution in [2.45, 2.75) is 52.8 Å². The number of hydrogen-bond acceptors (Lipinski definition) is 5. The molecule has 1 fully saturated rings. The summed E-state index contributed by atoms with van der Waals surface area (Å²) in [6, 6.07) is 14.9. The lowest BCUT2D eigenvalue weighted by Gasteiger charge is -2.29. The van der Waals surface area contributed by atoms with E-state index in [-0.39, 0.29) is 29.6 Å². The zero-order valence-electron chi connectivity index (χ0n) is 19.5. The summed E-state index contributed by atoms with van der Waals surface area (Å²) in [5, 5.41) is 0. The van der Waals surface area contributed by atoms with E-state index in [1.165, 1.54) is 0 Å². The Hall–Kier alpha value is -2.54. The Morgan fingerprint density at radius 1 is 1.03 bits per heavy atom. The molecule has 1 saturated heterocycles. The van der Waals surface area contributed by atoms with Crippen molar-refractivity contribution in [3.05, 3.63) is 59.7 Å². The minimum absolute atomic E-state index is 0.0187. The van der Waals surface area contributed by atoms with Crippen molar-refractivity contribution in [1.29, 1.82) is 0 Å². The van der Waals surface area contributed by atoms with Crippen molar-refractivity contribution in [3.8, 4) is 5.75 Å². The van der Waals surface area contributed by atoms with Crippen LogP contribution in [0, 0.1) is 0 Å². The van der Waals surface area contributed by atoms with Crippen LogP contribution < -0.4 is 9.64 Å². The molecule has 1 aliphatic rings. The van der Waals surface area contributed by atoms with Crippen molar-refractivity contribution in [2.24, 2.45) is 0 Å². The van der Waals surface area contributed by atoms with Gasteiger partial charge >= 0.3 is 0 Å². The maximum atomic E-state index is 13.4. The zero-order valence-corrected chi connectivity index (χ0v) is 20.3. The molecule has 2 aromatic rings. The maximum absolute atomic E-state index is 13.4. The van der Waals surface area contributed by atoms with Crippen molar-refractivity contribution in [3.63, 3.8) is 0 Å². The molecule has 1 amide bonds. The molecule has 1 atom stereocenters. The van der Waals surface area contributed by atoms with Crippen molar-refractivity contribution >= 4 is 21.4 Å². The molecule has 0 aromatic heterocycles. The smallest absolute Gasteiger partial charge is 0.254 e. The zero-order chi connectivity index (χ0) is 23.3. The van der Waals surface area contributed by atoms with E-state index < -0.39 is 9.84 Å². The minimum atomic E-state index is -3.11. The maximum Gasteiger partial charge on any atom is 0.254 e. The number of amides is 1. The highest BCUT2D eigenvalue weighted by Crippen LogP contribution is 2.24. The van der Waals surface area contributed by atoms with Crippen LogP contribution in [0.5, 0.6) is 5.75 Å². The molecule has 0 saturated carbocycles. The molecule has 3 rings (SSSR count). The Bertz CT molecular complexity index is 997. The van der Waals surface area contributed by atoms with E-state index in [1.807, 2.05) is 26.0 Å². The second-order valence-corrected chi connectivity index (χ2v) is 10.7. The van der Waals surface area contributed by atoms with Gasteiger partial charge in [0, 0.05) is 36.9 Å². The van der Waals surface area contributed by atoms with Crippen molar-refractivity contribution in [2.75, 3.05) is 29.5 Å². The summed E-state index contributed by atoms with van der Waals surface area (Å²) < 4.78 is 29.9. The quantitative estimate of drug-likeness (QED) is 0.565. The summed E-state index contributed by atoms with van der Waals surface area (Å²) in [5.41, 5.74) is 2.66. The van der Waals surface area contributed by atoms with E-state index in [4.69, 9.17) is 4.74 Å². The second-order valence-electron chi connectivity index (χ2n) is 8.52. The fourth-order valence-corrected chi connectivity index (χ4v) is 5.83. The molecule has 7 heteroatoms. The van der Waals surface area contributed by atoms with Gasteiger partial charge in [-0.3, -0.25) is 4.79 Å². The Balaban J connectivity index is 1.83. The number of carbonyl (C=O) groups excluding carboxylic acids is 1. The van der Waals surface area contributed by atoms with Gasteiger partial charge in [-0.15, -0.1) is 0 Å². The topological polar surface area (TPSA) is 66.9 Å². The van der Waals surface area contributed by atoms with Crippen LogP contribution in [0.25, 0.3) is 0 Å². The Morgan fingerprint density at radius 3 is 2.16 bits per heavy atom. The lowest BCUT2D eigenvalue weighted by atomic mass is 10.1. The number of hydrogen-bond donors (Lipinski definition) is 0. The van der Waals surface area contributed by atoms with Gasteiger partial charge in [0.1, 0.15) is 5.75 Å². The number of nitrogens with zero attached hydrogens (tertiary/aromatic N) is 2. The van der Waals surface area contributed by atoms with Crippen LogP contribution in [0.15, 0.2) is 48.5 Å². The van der Waals surface area contributed by atoms with Gasteiger partial charge < -0.3 is 14.5 Å². The summed E-state index contributed by atoms with van der Waals surface area (Å²) in [6.45, 7) is 10.4. The third-order valence-corrected chi connectivity index (χ3v) is 7.55. The molecule has 0 aliphatic carbocycles. The number of rotatable bonds is 9. The van der Waals surface area contributed by atoms with Crippen LogP contribution in [-0.2, 0) is 16.4 Å². The van der Waals surface area contributed by atoms with Gasteiger partial charge in [-0.1, -0.05) is 12.1 Å². The summed E-state index contributed by atoms with van der Waals surface area (Å²) in [7, 11) is -3.11. The van der Waals surface area contributed by atoms with Crippen molar-refractivity contribution in [1.82, 2.24) is 4.90 Å². The highest BCUT2D eigenvalue weighted by atomic mass is 32.2. The van der Waals surface area contributed by atoms with Gasteiger partial charge in [-0.25, -0.2) is 8.42 Å². The molecule has 1 aliphatic heterocycles. The molecule has 6 nitrogen and oxygen atoms in total. The van der Waals surface area contributed by atoms with E-state index in [0.29, 0.717) is 24.3 Å². The first-order valence-corrected chi connectivity index (χ1v) is 13.2. The Kier molecular flexibility index (Phi) is 7.82. The van der Waals surface area contributed by atoms with Gasteiger partial charge in [0.25, 0.3) is 5.91 Å². The molecule has 1 heterocycles. The van der Waals surface area contributed by atoms with E-state index >= 15 is 0 Å². The second kappa shape index (κ2) is 10.4. The minimum Gasteiger partial charge on any atom is -0.491 e. The summed E-state index contributed by atoms with van der Waals surface area (Å²) in [4.78, 5) is 17.4. The molecule has 2 aromatic carbocycles. The number of benzene rings is 2. The first-order chi connectivity index (χ1) is 15.2. The fraction of sp³-hybridized carbons (Fsp3) is 0.480. The number of carbonyl (C=O) groups is 1. The van der Waals surface area contributed by atoms with E-state index in [1.54, 1.807) is 29.2 Å². The lowest BCUT2D eigenvalue weighted by Crippen LogP contribution is -2.40. The van der Waals surface area contributed by atoms with Crippen LogP contribution in [0.2, 0.25) is 0 Å². The molecule has 32 heavy (non-hydrogen) atoms. The predicted molar refractivity (Wildman–Crippen MR) is 129 cm³/mol. The van der Waals surface area contributed by atoms with Gasteiger partial charge in [0.05, 0.1) is 17.6 Å². The number of anilines is 1. The normalized spacial score (nSPS) is 17.3. The SMILES string of the molecule is CCN(CC)c1ccc(CN(C(=O)c2ccc(OC(C)C)cc2)[C@@H]2CCS(=O)(=O)C2)cc1. The van der Waals surface area contributed by atoms with E-state index in [2.05, 4.69) is 30.9 Å². The molecular weight excluding hydrogens is 424 g/mol. The third-order valence-electron chi connectivity index (χ3n) is 5.80. The number of ether oxygens (including phenoxy) is 1. The number of sulfone groups is 1. The first-order valence-electron chi connectivity index (χ1n) is 11.3. The fourth-order valence-electron chi connectivity index (χ4n) is 4.10. The molecule has 0 spiro atoms. The van der Waals surface area contributed by atoms with Crippen molar-refractivity contribution < 1.29 is 17.9 Å². The Labute approximate surface area is 192 Å². The predicted octanol–water partition coefficient (Wildman–Crippen LogP) is 4.15. The van der Waals surface area contributed by atoms with Gasteiger partial charge in [-0.05, 0) is 76.1 Å². The third kappa shape index (κ3) is 6.03. The summed E-state index contributed by atoms with van der Waals surface area (Å²) in [5.74, 6) is 0.698. The highest BCUT2D eigenvalue weighted by Gasteiger charge is 2.35. The summed E-state index contributed by atoms with van der Waals surface area (Å²) >= 11 is 0. The first kappa shape index (κ1) is 24.1.